The van der Waals surface area contributed by atoms with Gasteiger partial charge in [0.25, 0.3) is 5.91 Å². The van der Waals surface area contributed by atoms with Crippen LogP contribution in [0.5, 0.6) is 5.88 Å². The number of ether oxygens (including phenoxy) is 1. The van der Waals surface area contributed by atoms with Crippen molar-refractivity contribution in [3.8, 4) is 5.88 Å². The maximum absolute atomic E-state index is 14.8. The van der Waals surface area contributed by atoms with Crippen molar-refractivity contribution < 1.29 is 23.8 Å². The van der Waals surface area contributed by atoms with Crippen molar-refractivity contribution in [2.45, 2.75) is 0 Å². The van der Waals surface area contributed by atoms with Crippen LogP contribution >= 0.6 is 23.2 Å². The molecule has 3 aromatic rings. The van der Waals surface area contributed by atoms with Crippen molar-refractivity contribution in [3.05, 3.63) is 64.0 Å². The minimum Gasteiger partial charge on any atom is -0.465 e. The van der Waals surface area contributed by atoms with E-state index in [1.54, 1.807) is 35.2 Å². The first-order valence-electron chi connectivity index (χ1n) is 10.9. The third kappa shape index (κ3) is 4.54. The number of hydrogen-bond donors (Lipinski definition) is 2. The Balaban J connectivity index is 1.30. The van der Waals surface area contributed by atoms with E-state index in [0.29, 0.717) is 53.3 Å². The molecule has 0 radical (unpaired) electrons. The number of halogens is 3. The molecule has 1 saturated heterocycles. The molecule has 13 heteroatoms. The summed E-state index contributed by atoms with van der Waals surface area (Å²) in [6.45, 7) is 1.24. The quantitative estimate of drug-likeness (QED) is 0.506. The van der Waals surface area contributed by atoms with E-state index in [1.165, 1.54) is 22.1 Å². The van der Waals surface area contributed by atoms with E-state index in [0.717, 1.165) is 0 Å². The molecule has 2 N–H and O–H groups in total. The van der Waals surface area contributed by atoms with Crippen LogP contribution in [0.4, 0.5) is 32.2 Å². The lowest BCUT2D eigenvalue weighted by molar-refractivity contribution is 0.0932. The lowest BCUT2D eigenvalue weighted by atomic mass is 10.2. The Hall–Kier alpha value is -3.83. The molecule has 1 fully saturated rings. The number of rotatable bonds is 4. The fourth-order valence-corrected chi connectivity index (χ4v) is 4.64. The number of anilines is 4. The Labute approximate surface area is 214 Å². The second kappa shape index (κ2) is 9.67. The molecule has 36 heavy (non-hydrogen) atoms. The molecule has 0 spiro atoms. The molecule has 2 aromatic carbocycles. The van der Waals surface area contributed by atoms with Crippen molar-refractivity contribution in [1.29, 1.82) is 0 Å². The number of carbonyl (C=O) groups is 2. The standard InChI is InChI=1S/C23H19Cl2FN6O4/c24-15-2-1-3-16(25)19(15)32-12-36-20-14(21(32)33)11-27-22(29-20)28-13-4-5-18(17(26)10-13)30-6-8-31(9-7-30)23(34)35/h1-5,10-11H,6-9,12H2,(H,34,35)(H,27,28,29). The third-order valence-electron chi connectivity index (χ3n) is 5.86. The molecular weight excluding hydrogens is 514 g/mol. The number of hydrogen-bond acceptors (Lipinski definition) is 7. The van der Waals surface area contributed by atoms with Gasteiger partial charge in [-0.15, -0.1) is 0 Å². The van der Waals surface area contributed by atoms with Crippen LogP contribution in [0.3, 0.4) is 0 Å². The zero-order chi connectivity index (χ0) is 25.4. The first kappa shape index (κ1) is 23.9. The topological polar surface area (TPSA) is 111 Å². The number of fused-ring (bicyclic) bond motifs is 1. The summed E-state index contributed by atoms with van der Waals surface area (Å²) in [5, 5.41) is 12.6. The highest BCUT2D eigenvalue weighted by atomic mass is 35.5. The summed E-state index contributed by atoms with van der Waals surface area (Å²) < 4.78 is 20.5. The van der Waals surface area contributed by atoms with Crippen LogP contribution in [0.2, 0.25) is 10.0 Å². The third-order valence-corrected chi connectivity index (χ3v) is 6.47. The number of nitrogens with zero attached hydrogens (tertiary/aromatic N) is 5. The molecule has 3 heterocycles. The van der Waals surface area contributed by atoms with Crippen LogP contribution in [0.15, 0.2) is 42.6 Å². The number of carboxylic acid groups (broad SMARTS) is 1. The largest absolute Gasteiger partial charge is 0.465 e. The van der Waals surface area contributed by atoms with Gasteiger partial charge in [0.15, 0.2) is 6.73 Å². The first-order chi connectivity index (χ1) is 17.3. The smallest absolute Gasteiger partial charge is 0.407 e. The Morgan fingerprint density at radius 3 is 2.50 bits per heavy atom. The number of benzene rings is 2. The van der Waals surface area contributed by atoms with Crippen molar-refractivity contribution in [2.75, 3.05) is 48.0 Å². The molecule has 0 aliphatic carbocycles. The van der Waals surface area contributed by atoms with Gasteiger partial charge in [0, 0.05) is 38.1 Å². The summed E-state index contributed by atoms with van der Waals surface area (Å²) in [6, 6.07) is 9.49. The maximum Gasteiger partial charge on any atom is 0.407 e. The Morgan fingerprint density at radius 1 is 1.11 bits per heavy atom. The number of carbonyl (C=O) groups excluding carboxylic acids is 1. The number of para-hydroxylation sites is 1. The van der Waals surface area contributed by atoms with Gasteiger partial charge in [0.2, 0.25) is 11.8 Å². The van der Waals surface area contributed by atoms with E-state index in [-0.39, 0.29) is 24.1 Å². The average Bonchev–Trinajstić information content (AvgIpc) is 2.85. The molecule has 2 aliphatic heterocycles. The molecule has 0 unspecified atom stereocenters. The normalized spacial score (nSPS) is 15.4. The van der Waals surface area contributed by atoms with Crippen molar-refractivity contribution >= 4 is 58.2 Å². The highest BCUT2D eigenvalue weighted by Crippen LogP contribution is 2.37. The average molecular weight is 533 g/mol. The van der Waals surface area contributed by atoms with Crippen LogP contribution in [0.1, 0.15) is 10.4 Å². The zero-order valence-corrected chi connectivity index (χ0v) is 20.1. The fraction of sp³-hybridized carbons (Fsp3) is 0.217. The highest BCUT2D eigenvalue weighted by Gasteiger charge is 2.31. The molecule has 10 nitrogen and oxygen atoms in total. The summed E-state index contributed by atoms with van der Waals surface area (Å²) in [5.41, 5.74) is 1.24. The van der Waals surface area contributed by atoms with Gasteiger partial charge >= 0.3 is 6.09 Å². The molecule has 2 amide bonds. The number of aromatic nitrogens is 2. The SMILES string of the molecule is O=C(O)N1CCN(c2ccc(Nc3ncc4c(n3)OCN(c3c(Cl)cccc3Cl)C4=O)cc2F)CC1. The molecule has 1 aromatic heterocycles. The summed E-state index contributed by atoms with van der Waals surface area (Å²) in [4.78, 5) is 36.9. The summed E-state index contributed by atoms with van der Waals surface area (Å²) in [6.07, 6.45) is 0.335. The van der Waals surface area contributed by atoms with Crippen LogP contribution in [0, 0.1) is 5.82 Å². The van der Waals surface area contributed by atoms with Gasteiger partial charge in [-0.25, -0.2) is 14.2 Å². The molecule has 0 bridgehead atoms. The van der Waals surface area contributed by atoms with Gasteiger partial charge in [0.05, 0.1) is 21.4 Å². The number of nitrogens with one attached hydrogen (secondary N) is 1. The minimum absolute atomic E-state index is 0.0744. The predicted molar refractivity (Wildman–Crippen MR) is 132 cm³/mol. The van der Waals surface area contributed by atoms with Crippen LogP contribution < -0.4 is 19.9 Å². The van der Waals surface area contributed by atoms with Gasteiger partial charge in [-0.3, -0.25) is 9.69 Å². The van der Waals surface area contributed by atoms with Crippen LogP contribution in [-0.4, -0.2) is 64.9 Å². The second-order valence-corrected chi connectivity index (χ2v) is 8.85. The fourth-order valence-electron chi connectivity index (χ4n) is 4.03. The zero-order valence-electron chi connectivity index (χ0n) is 18.6. The lowest BCUT2D eigenvalue weighted by Gasteiger charge is -2.34. The minimum atomic E-state index is -0.981. The van der Waals surface area contributed by atoms with Gasteiger partial charge in [-0.1, -0.05) is 29.3 Å². The van der Waals surface area contributed by atoms with E-state index < -0.39 is 17.8 Å². The summed E-state index contributed by atoms with van der Waals surface area (Å²) >= 11 is 12.5. The summed E-state index contributed by atoms with van der Waals surface area (Å²) in [5.74, 6) is -0.699. The van der Waals surface area contributed by atoms with Gasteiger partial charge in [0.1, 0.15) is 11.4 Å². The van der Waals surface area contributed by atoms with Crippen LogP contribution in [0.25, 0.3) is 0 Å². The van der Waals surface area contributed by atoms with E-state index >= 15 is 0 Å². The number of piperazine rings is 1. The monoisotopic (exact) mass is 532 g/mol. The van der Waals surface area contributed by atoms with Crippen molar-refractivity contribution in [1.82, 2.24) is 14.9 Å². The van der Waals surface area contributed by atoms with Gasteiger partial charge in [-0.05, 0) is 30.3 Å². The van der Waals surface area contributed by atoms with Gasteiger partial charge in [-0.2, -0.15) is 4.98 Å². The second-order valence-electron chi connectivity index (χ2n) is 8.04. The maximum atomic E-state index is 14.8. The predicted octanol–water partition coefficient (Wildman–Crippen LogP) is 4.46. The van der Waals surface area contributed by atoms with E-state index in [9.17, 15) is 14.0 Å². The lowest BCUT2D eigenvalue weighted by Crippen LogP contribution is -2.48. The molecule has 0 atom stereocenters. The van der Waals surface area contributed by atoms with Gasteiger partial charge < -0.3 is 25.0 Å². The first-order valence-corrected chi connectivity index (χ1v) is 11.6. The molecule has 5 rings (SSSR count). The van der Waals surface area contributed by atoms with E-state index in [4.69, 9.17) is 33.0 Å². The summed E-state index contributed by atoms with van der Waals surface area (Å²) in [7, 11) is 0. The highest BCUT2D eigenvalue weighted by molar-refractivity contribution is 6.40. The molecule has 186 valence electrons. The molecule has 0 saturated carbocycles. The number of amides is 2. The van der Waals surface area contributed by atoms with E-state index in [2.05, 4.69) is 15.3 Å². The Bertz CT molecular complexity index is 1330. The van der Waals surface area contributed by atoms with Crippen molar-refractivity contribution in [2.24, 2.45) is 0 Å². The van der Waals surface area contributed by atoms with Crippen LogP contribution in [-0.2, 0) is 0 Å². The van der Waals surface area contributed by atoms with E-state index in [1.807, 2.05) is 0 Å². The van der Waals surface area contributed by atoms with Crippen molar-refractivity contribution in [3.63, 3.8) is 0 Å². The molecule has 2 aliphatic rings. The Kier molecular flexibility index (Phi) is 6.42. The Morgan fingerprint density at radius 2 is 1.83 bits per heavy atom. The molecular formula is C23H19Cl2FN6O4.